The van der Waals surface area contributed by atoms with Gasteiger partial charge in [0.25, 0.3) is 0 Å². The summed E-state index contributed by atoms with van der Waals surface area (Å²) in [6, 6.07) is 8.26. The summed E-state index contributed by atoms with van der Waals surface area (Å²) in [6.07, 6.45) is 3.86. The Morgan fingerprint density at radius 2 is 1.86 bits per heavy atom. The summed E-state index contributed by atoms with van der Waals surface area (Å²) < 4.78 is 0. The van der Waals surface area contributed by atoms with Gasteiger partial charge in [-0.3, -0.25) is 9.59 Å². The third-order valence-electron chi connectivity index (χ3n) is 4.54. The van der Waals surface area contributed by atoms with E-state index in [-0.39, 0.29) is 23.9 Å². The molecule has 2 amide bonds. The number of hydrogen-bond acceptors (Lipinski definition) is 2. The Bertz CT molecular complexity index is 530. The van der Waals surface area contributed by atoms with Gasteiger partial charge in [0.05, 0.1) is 0 Å². The van der Waals surface area contributed by atoms with Gasteiger partial charge >= 0.3 is 0 Å². The fourth-order valence-electron chi connectivity index (χ4n) is 3.46. The topological polar surface area (TPSA) is 49.4 Å². The van der Waals surface area contributed by atoms with Gasteiger partial charge in [-0.25, -0.2) is 0 Å². The molecule has 1 aliphatic carbocycles. The molecule has 1 saturated heterocycles. The number of benzene rings is 1. The Hall–Kier alpha value is -1.84. The van der Waals surface area contributed by atoms with Crippen LogP contribution < -0.4 is 5.32 Å². The first kappa shape index (κ1) is 14.1. The average Bonchev–Trinajstić information content (AvgIpc) is 2.84. The van der Waals surface area contributed by atoms with Gasteiger partial charge in [-0.15, -0.1) is 0 Å². The second-order valence-electron chi connectivity index (χ2n) is 6.02. The molecule has 3 rings (SSSR count). The number of hydrogen-bond donors (Lipinski definition) is 1. The Balaban J connectivity index is 1.78. The highest BCUT2D eigenvalue weighted by Crippen LogP contribution is 2.27. The number of amides is 2. The monoisotopic (exact) mass is 286 g/mol. The predicted octanol–water partition coefficient (Wildman–Crippen LogP) is 1.67. The molecule has 1 aliphatic heterocycles. The molecule has 1 fully saturated rings. The number of carbonyl (C=O) groups is 2. The van der Waals surface area contributed by atoms with E-state index in [1.54, 1.807) is 0 Å². The molecule has 1 heterocycles. The summed E-state index contributed by atoms with van der Waals surface area (Å²) >= 11 is 0. The van der Waals surface area contributed by atoms with Gasteiger partial charge in [-0.1, -0.05) is 37.6 Å². The summed E-state index contributed by atoms with van der Waals surface area (Å²) in [7, 11) is 0. The lowest BCUT2D eigenvalue weighted by Crippen LogP contribution is -2.48. The van der Waals surface area contributed by atoms with Crippen molar-refractivity contribution in [2.75, 3.05) is 6.54 Å². The van der Waals surface area contributed by atoms with Gasteiger partial charge in [-0.2, -0.15) is 0 Å². The van der Waals surface area contributed by atoms with E-state index in [4.69, 9.17) is 0 Å². The molecule has 0 aromatic heterocycles. The van der Waals surface area contributed by atoms with E-state index in [2.05, 4.69) is 29.6 Å². The highest BCUT2D eigenvalue weighted by atomic mass is 16.2. The van der Waals surface area contributed by atoms with E-state index >= 15 is 0 Å². The molecule has 1 N–H and O–H groups in total. The maximum absolute atomic E-state index is 12.7. The average molecular weight is 286 g/mol. The van der Waals surface area contributed by atoms with Gasteiger partial charge in [-0.05, 0) is 30.4 Å². The maximum Gasteiger partial charge on any atom is 0.245 e. The fraction of sp³-hybridized carbons (Fsp3) is 0.529. The van der Waals surface area contributed by atoms with Gasteiger partial charge in [0.1, 0.15) is 6.04 Å². The first-order valence-electron chi connectivity index (χ1n) is 7.85. The Labute approximate surface area is 125 Å². The molecule has 4 heteroatoms. The third-order valence-corrected chi connectivity index (χ3v) is 4.54. The van der Waals surface area contributed by atoms with Crippen LogP contribution in [-0.2, 0) is 22.4 Å². The van der Waals surface area contributed by atoms with Crippen LogP contribution in [0.4, 0.5) is 0 Å². The number of fused-ring (bicyclic) bond motifs is 1. The second-order valence-corrected chi connectivity index (χ2v) is 6.02. The fourth-order valence-corrected chi connectivity index (χ4v) is 3.46. The SMILES string of the molecule is CCCC1NC(=O)CCN(C2Cc3ccccc3C2)C1=O. The Kier molecular flexibility index (Phi) is 3.95. The summed E-state index contributed by atoms with van der Waals surface area (Å²) in [6.45, 7) is 2.59. The molecule has 4 nitrogen and oxygen atoms in total. The molecular formula is C17H22N2O2. The molecule has 1 atom stereocenters. The minimum Gasteiger partial charge on any atom is -0.344 e. The molecule has 1 aromatic carbocycles. The summed E-state index contributed by atoms with van der Waals surface area (Å²) in [5.41, 5.74) is 2.68. The van der Waals surface area contributed by atoms with Crippen LogP contribution in [0.5, 0.6) is 0 Å². The van der Waals surface area contributed by atoms with E-state index in [0.717, 1.165) is 25.7 Å². The molecule has 0 radical (unpaired) electrons. The Morgan fingerprint density at radius 1 is 1.19 bits per heavy atom. The van der Waals surface area contributed by atoms with Gasteiger partial charge in [0, 0.05) is 19.0 Å². The van der Waals surface area contributed by atoms with Gasteiger partial charge < -0.3 is 10.2 Å². The van der Waals surface area contributed by atoms with Crippen LogP contribution in [0.3, 0.4) is 0 Å². The van der Waals surface area contributed by atoms with E-state index in [9.17, 15) is 9.59 Å². The van der Waals surface area contributed by atoms with Gasteiger partial charge in [0.15, 0.2) is 0 Å². The zero-order chi connectivity index (χ0) is 14.8. The summed E-state index contributed by atoms with van der Waals surface area (Å²) in [5, 5.41) is 2.87. The van der Waals surface area contributed by atoms with Crippen LogP contribution in [-0.4, -0.2) is 35.3 Å². The van der Waals surface area contributed by atoms with Crippen LogP contribution in [0.2, 0.25) is 0 Å². The quantitative estimate of drug-likeness (QED) is 0.919. The third kappa shape index (κ3) is 2.80. The van der Waals surface area contributed by atoms with Crippen molar-refractivity contribution in [3.05, 3.63) is 35.4 Å². The highest BCUT2D eigenvalue weighted by molar-refractivity contribution is 5.90. The molecule has 21 heavy (non-hydrogen) atoms. The van der Waals surface area contributed by atoms with Crippen LogP contribution in [0.1, 0.15) is 37.3 Å². The smallest absolute Gasteiger partial charge is 0.245 e. The number of nitrogens with one attached hydrogen (secondary N) is 1. The van der Waals surface area contributed by atoms with Crippen molar-refractivity contribution in [1.82, 2.24) is 10.2 Å². The van der Waals surface area contributed by atoms with Crippen molar-refractivity contribution in [3.8, 4) is 0 Å². The highest BCUT2D eigenvalue weighted by Gasteiger charge is 2.35. The summed E-state index contributed by atoms with van der Waals surface area (Å²) in [4.78, 5) is 26.5. The predicted molar refractivity (Wildman–Crippen MR) is 80.8 cm³/mol. The molecule has 112 valence electrons. The standard InChI is InChI=1S/C17H22N2O2/c1-2-5-15-17(21)19(9-8-16(20)18-15)14-10-12-6-3-4-7-13(12)11-14/h3-4,6-7,14-15H,2,5,8-11H2,1H3,(H,18,20). The lowest BCUT2D eigenvalue weighted by Gasteiger charge is -2.29. The minimum absolute atomic E-state index is 0.000175. The molecule has 2 aliphatic rings. The van der Waals surface area contributed by atoms with Crippen molar-refractivity contribution < 1.29 is 9.59 Å². The van der Waals surface area contributed by atoms with E-state index in [0.29, 0.717) is 13.0 Å². The first-order chi connectivity index (χ1) is 10.2. The van der Waals surface area contributed by atoms with Crippen LogP contribution >= 0.6 is 0 Å². The van der Waals surface area contributed by atoms with Crippen LogP contribution in [0, 0.1) is 0 Å². The zero-order valence-electron chi connectivity index (χ0n) is 12.5. The van der Waals surface area contributed by atoms with Crippen molar-refractivity contribution in [2.24, 2.45) is 0 Å². The van der Waals surface area contributed by atoms with E-state index < -0.39 is 0 Å². The summed E-state index contributed by atoms with van der Waals surface area (Å²) in [5.74, 6) is 0.0975. The molecule has 0 spiro atoms. The molecule has 1 aromatic rings. The normalized spacial score (nSPS) is 22.9. The lowest BCUT2D eigenvalue weighted by atomic mass is 10.1. The molecule has 0 saturated carbocycles. The molecule has 1 unspecified atom stereocenters. The Morgan fingerprint density at radius 3 is 2.48 bits per heavy atom. The molecular weight excluding hydrogens is 264 g/mol. The van der Waals surface area contributed by atoms with Crippen LogP contribution in [0.15, 0.2) is 24.3 Å². The number of rotatable bonds is 3. The lowest BCUT2D eigenvalue weighted by molar-refractivity contribution is -0.135. The van der Waals surface area contributed by atoms with Crippen LogP contribution in [0.25, 0.3) is 0 Å². The maximum atomic E-state index is 12.7. The largest absolute Gasteiger partial charge is 0.344 e. The number of carbonyl (C=O) groups excluding carboxylic acids is 2. The van der Waals surface area contributed by atoms with Crippen molar-refractivity contribution >= 4 is 11.8 Å². The van der Waals surface area contributed by atoms with E-state index in [1.807, 2.05) is 11.8 Å². The first-order valence-corrected chi connectivity index (χ1v) is 7.85. The second kappa shape index (κ2) is 5.88. The van der Waals surface area contributed by atoms with Crippen molar-refractivity contribution in [1.29, 1.82) is 0 Å². The minimum atomic E-state index is -0.339. The van der Waals surface area contributed by atoms with Gasteiger partial charge in [0.2, 0.25) is 11.8 Å². The zero-order valence-corrected chi connectivity index (χ0v) is 12.5. The number of nitrogens with zero attached hydrogens (tertiary/aromatic N) is 1. The van der Waals surface area contributed by atoms with E-state index in [1.165, 1.54) is 11.1 Å². The van der Waals surface area contributed by atoms with Crippen molar-refractivity contribution in [3.63, 3.8) is 0 Å². The molecule has 0 bridgehead atoms. The van der Waals surface area contributed by atoms with Crippen molar-refractivity contribution in [2.45, 2.75) is 51.1 Å².